The summed E-state index contributed by atoms with van der Waals surface area (Å²) in [4.78, 5) is 0. The van der Waals surface area contributed by atoms with Crippen LogP contribution >= 0.6 is 35.3 Å². The van der Waals surface area contributed by atoms with Gasteiger partial charge in [-0.25, -0.2) is 0 Å². The second-order valence-electron chi connectivity index (χ2n) is 3.93. The van der Waals surface area contributed by atoms with Crippen molar-refractivity contribution in [1.82, 2.24) is 0 Å². The molecule has 0 fully saturated rings. The standard InChI is InChI=1S/C12H26O4S3/c1-4-17-11(12(18-5-2)19-6-3)10(16)9(15)8(14)7-13/h8-16H,4-7H2,1-3H3. The van der Waals surface area contributed by atoms with Gasteiger partial charge in [-0.1, -0.05) is 20.8 Å². The van der Waals surface area contributed by atoms with Gasteiger partial charge in [-0.05, 0) is 17.3 Å². The molecule has 0 bridgehead atoms. The average Bonchev–Trinajstić information content (AvgIpc) is 2.42. The lowest BCUT2D eigenvalue weighted by Gasteiger charge is -2.33. The highest BCUT2D eigenvalue weighted by molar-refractivity contribution is 8.18. The summed E-state index contributed by atoms with van der Waals surface area (Å²) in [5, 5.41) is 38.3. The van der Waals surface area contributed by atoms with Gasteiger partial charge in [0, 0.05) is 0 Å². The van der Waals surface area contributed by atoms with Crippen molar-refractivity contribution in [1.29, 1.82) is 0 Å². The molecule has 0 saturated carbocycles. The van der Waals surface area contributed by atoms with Crippen molar-refractivity contribution in [2.24, 2.45) is 0 Å². The van der Waals surface area contributed by atoms with Crippen LogP contribution in [0.15, 0.2) is 0 Å². The third kappa shape index (κ3) is 6.93. The first-order chi connectivity index (χ1) is 9.03. The highest BCUT2D eigenvalue weighted by Crippen LogP contribution is 2.36. The van der Waals surface area contributed by atoms with Crippen LogP contribution in [0.2, 0.25) is 0 Å². The molecule has 0 aliphatic carbocycles. The van der Waals surface area contributed by atoms with Crippen LogP contribution in [-0.2, 0) is 0 Å². The molecule has 0 aliphatic heterocycles. The predicted molar refractivity (Wildman–Crippen MR) is 87.1 cm³/mol. The van der Waals surface area contributed by atoms with E-state index < -0.39 is 24.9 Å². The van der Waals surface area contributed by atoms with E-state index in [0.717, 1.165) is 17.3 Å². The number of rotatable bonds is 11. The Morgan fingerprint density at radius 2 is 1.26 bits per heavy atom. The Kier molecular flexibility index (Phi) is 12.1. The molecule has 0 aromatic rings. The Bertz CT molecular complexity index is 215. The zero-order chi connectivity index (χ0) is 14.8. The summed E-state index contributed by atoms with van der Waals surface area (Å²) >= 11 is 5.07. The van der Waals surface area contributed by atoms with Gasteiger partial charge in [0.25, 0.3) is 0 Å². The Morgan fingerprint density at radius 1 is 0.789 bits per heavy atom. The molecule has 0 saturated heterocycles. The van der Waals surface area contributed by atoms with Crippen LogP contribution in [0, 0.1) is 0 Å². The summed E-state index contributed by atoms with van der Waals surface area (Å²) in [6.07, 6.45) is -3.66. The van der Waals surface area contributed by atoms with E-state index in [1.807, 2.05) is 6.92 Å². The molecule has 0 spiro atoms. The van der Waals surface area contributed by atoms with E-state index in [-0.39, 0.29) is 9.83 Å². The molecule has 0 radical (unpaired) electrons. The minimum Gasteiger partial charge on any atom is -0.394 e. The van der Waals surface area contributed by atoms with Gasteiger partial charge in [-0.15, -0.1) is 23.5 Å². The number of aliphatic hydroxyl groups is 4. The van der Waals surface area contributed by atoms with Crippen molar-refractivity contribution in [3.63, 3.8) is 0 Å². The maximum atomic E-state index is 10.3. The van der Waals surface area contributed by atoms with E-state index in [1.54, 1.807) is 35.3 Å². The summed E-state index contributed by atoms with van der Waals surface area (Å²) in [7, 11) is 0. The molecule has 7 heteroatoms. The van der Waals surface area contributed by atoms with E-state index in [4.69, 9.17) is 5.11 Å². The summed E-state index contributed by atoms with van der Waals surface area (Å²) in [6, 6.07) is 0. The first-order valence-electron chi connectivity index (χ1n) is 6.53. The lowest BCUT2D eigenvalue weighted by Crippen LogP contribution is -2.47. The molecule has 0 heterocycles. The molecular formula is C12H26O4S3. The smallest absolute Gasteiger partial charge is 0.109 e. The molecule has 4 nitrogen and oxygen atoms in total. The lowest BCUT2D eigenvalue weighted by molar-refractivity contribution is -0.0750. The van der Waals surface area contributed by atoms with Gasteiger partial charge in [0.05, 0.1) is 22.5 Å². The number of thioether (sulfide) groups is 3. The van der Waals surface area contributed by atoms with Crippen LogP contribution in [0.5, 0.6) is 0 Å². The molecule has 19 heavy (non-hydrogen) atoms. The van der Waals surface area contributed by atoms with Gasteiger partial charge in [-0.3, -0.25) is 0 Å². The van der Waals surface area contributed by atoms with Gasteiger partial charge in [0.2, 0.25) is 0 Å². The Labute approximate surface area is 128 Å². The second-order valence-corrected chi connectivity index (χ2v) is 8.52. The first kappa shape index (κ1) is 19.9. The van der Waals surface area contributed by atoms with Crippen LogP contribution in [0.25, 0.3) is 0 Å². The zero-order valence-corrected chi connectivity index (χ0v) is 14.2. The Hall–Kier alpha value is 0.890. The fraction of sp³-hybridized carbons (Fsp3) is 1.00. The van der Waals surface area contributed by atoms with Crippen molar-refractivity contribution in [2.75, 3.05) is 23.9 Å². The molecule has 0 aliphatic rings. The molecule has 116 valence electrons. The lowest BCUT2D eigenvalue weighted by atomic mass is 10.1. The van der Waals surface area contributed by atoms with E-state index in [9.17, 15) is 15.3 Å². The SMILES string of the molecule is CCSC(SCC)C(SCC)C(O)C(O)C(O)CO. The third-order valence-electron chi connectivity index (χ3n) is 2.56. The summed E-state index contributed by atoms with van der Waals surface area (Å²) < 4.78 is 0.162. The Balaban J connectivity index is 4.82. The first-order valence-corrected chi connectivity index (χ1v) is 9.67. The van der Waals surface area contributed by atoms with E-state index in [2.05, 4.69) is 13.8 Å². The topological polar surface area (TPSA) is 80.9 Å². The number of hydrogen-bond donors (Lipinski definition) is 4. The van der Waals surface area contributed by atoms with Gasteiger partial charge in [-0.2, -0.15) is 11.8 Å². The van der Waals surface area contributed by atoms with Gasteiger partial charge >= 0.3 is 0 Å². The minimum absolute atomic E-state index is 0.162. The molecule has 4 N–H and O–H groups in total. The fourth-order valence-electron chi connectivity index (χ4n) is 1.63. The zero-order valence-electron chi connectivity index (χ0n) is 11.7. The quantitative estimate of drug-likeness (QED) is 0.421. The second kappa shape index (κ2) is 11.5. The molecule has 0 amide bonds. The average molecular weight is 331 g/mol. The molecule has 4 unspecified atom stereocenters. The summed E-state index contributed by atoms with van der Waals surface area (Å²) in [6.45, 7) is 5.58. The maximum absolute atomic E-state index is 10.3. The highest BCUT2D eigenvalue weighted by Gasteiger charge is 2.36. The van der Waals surface area contributed by atoms with Crippen molar-refractivity contribution in [3.8, 4) is 0 Å². The third-order valence-corrected chi connectivity index (χ3v) is 6.90. The van der Waals surface area contributed by atoms with E-state index in [1.165, 1.54) is 0 Å². The predicted octanol–water partition coefficient (Wildman–Crippen LogP) is 1.02. The maximum Gasteiger partial charge on any atom is 0.109 e. The van der Waals surface area contributed by atoms with Gasteiger partial charge in [0.15, 0.2) is 0 Å². The largest absolute Gasteiger partial charge is 0.394 e. The number of hydrogen-bond acceptors (Lipinski definition) is 7. The van der Waals surface area contributed by atoms with Crippen LogP contribution in [0.3, 0.4) is 0 Å². The normalized spacial score (nSPS) is 18.3. The fourth-order valence-corrected chi connectivity index (χ4v) is 6.03. The highest BCUT2D eigenvalue weighted by atomic mass is 32.2. The molecule has 0 aromatic heterocycles. The summed E-state index contributed by atoms with van der Waals surface area (Å²) in [5.74, 6) is 2.70. The van der Waals surface area contributed by atoms with E-state index >= 15 is 0 Å². The summed E-state index contributed by atoms with van der Waals surface area (Å²) in [5.41, 5.74) is 0. The van der Waals surface area contributed by atoms with Crippen molar-refractivity contribution in [2.45, 2.75) is 48.9 Å². The van der Waals surface area contributed by atoms with Crippen molar-refractivity contribution < 1.29 is 20.4 Å². The monoisotopic (exact) mass is 330 g/mol. The minimum atomic E-state index is -1.31. The van der Waals surface area contributed by atoms with Gasteiger partial charge < -0.3 is 20.4 Å². The van der Waals surface area contributed by atoms with Crippen LogP contribution in [0.1, 0.15) is 20.8 Å². The Morgan fingerprint density at radius 3 is 1.63 bits per heavy atom. The van der Waals surface area contributed by atoms with Gasteiger partial charge in [0.1, 0.15) is 12.2 Å². The van der Waals surface area contributed by atoms with Crippen LogP contribution in [-0.4, -0.2) is 72.4 Å². The molecule has 4 atom stereocenters. The van der Waals surface area contributed by atoms with Crippen molar-refractivity contribution in [3.05, 3.63) is 0 Å². The number of aliphatic hydroxyl groups excluding tert-OH is 4. The van der Waals surface area contributed by atoms with Crippen LogP contribution in [0.4, 0.5) is 0 Å². The van der Waals surface area contributed by atoms with Crippen LogP contribution < -0.4 is 0 Å². The molecular weight excluding hydrogens is 304 g/mol. The van der Waals surface area contributed by atoms with E-state index in [0.29, 0.717) is 0 Å². The van der Waals surface area contributed by atoms with Crippen molar-refractivity contribution >= 4 is 35.3 Å². The molecule has 0 rings (SSSR count). The molecule has 0 aromatic carbocycles.